The molecule has 53 heavy (non-hydrogen) atoms. The second-order valence-corrected chi connectivity index (χ2v) is 15.7. The van der Waals surface area contributed by atoms with Gasteiger partial charge in [-0.05, 0) is 73.4 Å². The van der Waals surface area contributed by atoms with Gasteiger partial charge in [-0.3, -0.25) is 0 Å². The molecule has 3 aromatic rings. The zero-order valence-corrected chi connectivity index (χ0v) is 35.1. The minimum absolute atomic E-state index is 0.883. The predicted octanol–water partition coefficient (Wildman–Crippen LogP) is 14.5. The zero-order valence-electron chi connectivity index (χ0n) is 33.4. The average Bonchev–Trinajstić information content (AvgIpc) is 3.15. The van der Waals surface area contributed by atoms with Gasteiger partial charge in [0.15, 0.2) is 0 Å². The molecule has 0 atom stereocenters. The summed E-state index contributed by atoms with van der Waals surface area (Å²) in [4.78, 5) is 21.7. The van der Waals surface area contributed by atoms with Gasteiger partial charge >= 0.3 is 17.2 Å². The summed E-state index contributed by atoms with van der Waals surface area (Å²) in [5.74, 6) is 2.65. The predicted molar refractivity (Wildman–Crippen MR) is 227 cm³/mol. The van der Waals surface area contributed by atoms with E-state index in [1.807, 2.05) is 0 Å². The third kappa shape index (κ3) is 23.4. The Balaban J connectivity index is 0.00000231. The topological polar surface area (TPSA) is 88.4 Å². The van der Waals surface area contributed by atoms with Crippen LogP contribution < -0.4 is 13.6 Å². The minimum atomic E-state index is -2.62. The van der Waals surface area contributed by atoms with Gasteiger partial charge in [0, 0.05) is 0 Å². The normalized spacial score (nSPS) is 11.1. The molecule has 6 nitrogen and oxygen atoms in total. The molecule has 0 spiro atoms. The lowest BCUT2D eigenvalue weighted by atomic mass is 10.0. The Labute approximate surface area is 326 Å². The van der Waals surface area contributed by atoms with Gasteiger partial charge in [-0.1, -0.05) is 191 Å². The van der Waals surface area contributed by atoms with Crippen LogP contribution in [0.25, 0.3) is 0 Å². The Morgan fingerprint density at radius 3 is 0.849 bits per heavy atom. The van der Waals surface area contributed by atoms with Crippen LogP contribution in [0.3, 0.4) is 0 Å². The molecule has 3 rings (SSSR count). The molecular weight excluding hydrogens is 698 g/mol. The van der Waals surface area contributed by atoms with Crippen molar-refractivity contribution in [3.05, 3.63) is 89.5 Å². The molecule has 0 aromatic heterocycles. The van der Waals surface area contributed by atoms with E-state index in [9.17, 15) is 0 Å². The highest BCUT2D eigenvalue weighted by Gasteiger charge is 2.24. The molecule has 0 bridgehead atoms. The maximum absolute atomic E-state index is 7.23. The molecule has 0 aliphatic rings. The van der Waals surface area contributed by atoms with Crippen LogP contribution in [0.15, 0.2) is 72.8 Å². The van der Waals surface area contributed by atoms with E-state index in [0.717, 1.165) is 36.5 Å². The van der Waals surface area contributed by atoms with Crippen molar-refractivity contribution in [2.24, 2.45) is 0 Å². The summed E-state index contributed by atoms with van der Waals surface area (Å²) in [5, 5.41) is 0. The third-order valence-electron chi connectivity index (χ3n) is 9.59. The molecule has 0 aliphatic carbocycles. The van der Waals surface area contributed by atoms with Gasteiger partial charge in [-0.25, -0.2) is 0 Å². The van der Waals surface area contributed by atoms with Gasteiger partial charge in [0.25, 0.3) is 0 Å². The summed E-state index contributed by atoms with van der Waals surface area (Å²) in [7, 11) is -4.34. The fraction of sp³-hybridized carbons (Fsp3) is 0.600. The molecule has 0 radical (unpaired) electrons. The average molecular weight is 771 g/mol. The molecule has 0 heterocycles. The molecule has 0 amide bonds. The number of benzene rings is 3. The van der Waals surface area contributed by atoms with Crippen molar-refractivity contribution in [1.29, 1.82) is 0 Å². The van der Waals surface area contributed by atoms with E-state index in [2.05, 4.69) is 93.6 Å². The standard InChI is InChI=1S/C45H69O3P.H3O3P/c1-4-7-10-13-16-19-22-31-40-34-25-28-37-43(40)46-49(47-44-38-29-26-35-41(44)32-23-20-17-14-11-8-5-2)48-45-39-30-27-36-42(45)33-24-21-18-15-12-9-6-3;1-4(2)3/h25-30,34-39H,4-24,31-33H2,1-3H3;1-3H. The molecule has 298 valence electrons. The van der Waals surface area contributed by atoms with Gasteiger partial charge in [0.05, 0.1) is 0 Å². The number of aryl methyl sites for hydroxylation is 3. The summed E-state index contributed by atoms with van der Waals surface area (Å²) in [5.41, 5.74) is 3.72. The van der Waals surface area contributed by atoms with Gasteiger partial charge in [0.2, 0.25) is 0 Å². The summed E-state index contributed by atoms with van der Waals surface area (Å²) < 4.78 is 20.3. The SMILES string of the molecule is CCCCCCCCCc1ccccc1OP(Oc1ccccc1CCCCCCCCC)Oc1ccccc1CCCCCCCCC.OP(O)O. The molecule has 0 saturated carbocycles. The van der Waals surface area contributed by atoms with Gasteiger partial charge in [-0.15, -0.1) is 0 Å². The van der Waals surface area contributed by atoms with Crippen molar-refractivity contribution in [3.63, 3.8) is 0 Å². The van der Waals surface area contributed by atoms with Gasteiger partial charge in [-0.2, -0.15) is 0 Å². The van der Waals surface area contributed by atoms with E-state index in [1.165, 1.54) is 152 Å². The number of unbranched alkanes of at least 4 members (excludes halogenated alkanes) is 18. The quantitative estimate of drug-likeness (QED) is 0.0462. The number of rotatable bonds is 30. The highest BCUT2D eigenvalue weighted by Crippen LogP contribution is 2.45. The Kier molecular flexibility index (Phi) is 28.4. The molecule has 0 aliphatic heterocycles. The third-order valence-corrected chi connectivity index (χ3v) is 10.6. The van der Waals surface area contributed by atoms with Gasteiger partial charge in [0.1, 0.15) is 17.2 Å². The highest BCUT2D eigenvalue weighted by atomic mass is 31.2. The Morgan fingerprint density at radius 1 is 0.358 bits per heavy atom. The lowest BCUT2D eigenvalue weighted by molar-refractivity contribution is 0.368. The lowest BCUT2D eigenvalue weighted by Crippen LogP contribution is -2.06. The molecule has 8 heteroatoms. The molecule has 0 saturated heterocycles. The van der Waals surface area contributed by atoms with Crippen LogP contribution in [-0.2, 0) is 19.3 Å². The largest absolute Gasteiger partial charge is 0.530 e. The van der Waals surface area contributed by atoms with Crippen molar-refractivity contribution >= 4 is 17.2 Å². The number of hydrogen-bond acceptors (Lipinski definition) is 6. The summed E-state index contributed by atoms with van der Waals surface area (Å²) >= 11 is 0. The first-order chi connectivity index (χ1) is 26.0. The fourth-order valence-corrected chi connectivity index (χ4v) is 7.64. The van der Waals surface area contributed by atoms with E-state index in [-0.39, 0.29) is 0 Å². The van der Waals surface area contributed by atoms with E-state index in [1.54, 1.807) is 0 Å². The van der Waals surface area contributed by atoms with Crippen molar-refractivity contribution in [1.82, 2.24) is 0 Å². The minimum Gasteiger partial charge on any atom is -0.408 e. The van der Waals surface area contributed by atoms with Crippen LogP contribution in [0.1, 0.15) is 172 Å². The van der Waals surface area contributed by atoms with Crippen LogP contribution >= 0.6 is 17.2 Å². The Hall–Kier alpha value is -2.20. The monoisotopic (exact) mass is 770 g/mol. The van der Waals surface area contributed by atoms with E-state index in [4.69, 9.17) is 28.3 Å². The zero-order chi connectivity index (χ0) is 38.2. The molecule has 0 fully saturated rings. The first kappa shape index (κ1) is 47.0. The number of para-hydroxylation sites is 3. The molecular formula is C45H72O6P2. The van der Waals surface area contributed by atoms with Crippen LogP contribution in [0.2, 0.25) is 0 Å². The van der Waals surface area contributed by atoms with Crippen molar-refractivity contribution in [3.8, 4) is 17.2 Å². The van der Waals surface area contributed by atoms with Crippen LogP contribution in [0.5, 0.6) is 17.2 Å². The molecule has 3 N–H and O–H groups in total. The maximum atomic E-state index is 7.23. The Bertz CT molecular complexity index is 1140. The second kappa shape index (κ2) is 32.1. The van der Waals surface area contributed by atoms with E-state index >= 15 is 0 Å². The van der Waals surface area contributed by atoms with Crippen molar-refractivity contribution < 1.29 is 28.3 Å². The fourth-order valence-electron chi connectivity index (χ4n) is 6.51. The van der Waals surface area contributed by atoms with Crippen molar-refractivity contribution in [2.45, 2.75) is 175 Å². The molecule has 0 unspecified atom stereocenters. The van der Waals surface area contributed by atoms with Gasteiger partial charge < -0.3 is 28.3 Å². The summed E-state index contributed by atoms with van der Waals surface area (Å²) in [6.07, 6.45) is 30.3. The molecule has 3 aromatic carbocycles. The smallest absolute Gasteiger partial charge is 0.408 e. The maximum Gasteiger partial charge on any atom is 0.530 e. The van der Waals surface area contributed by atoms with Crippen LogP contribution in [0.4, 0.5) is 0 Å². The first-order valence-corrected chi connectivity index (χ1v) is 23.2. The number of hydrogen-bond donors (Lipinski definition) is 3. The lowest BCUT2D eigenvalue weighted by Gasteiger charge is -2.22. The highest BCUT2D eigenvalue weighted by molar-refractivity contribution is 7.43. The Morgan fingerprint density at radius 2 is 0.585 bits per heavy atom. The van der Waals surface area contributed by atoms with E-state index < -0.39 is 17.2 Å². The van der Waals surface area contributed by atoms with Crippen LogP contribution in [0, 0.1) is 0 Å². The van der Waals surface area contributed by atoms with Crippen molar-refractivity contribution in [2.75, 3.05) is 0 Å². The van der Waals surface area contributed by atoms with E-state index in [0.29, 0.717) is 0 Å². The second-order valence-electron chi connectivity index (χ2n) is 14.2. The van der Waals surface area contributed by atoms with Crippen LogP contribution in [-0.4, -0.2) is 14.7 Å². The first-order valence-electron chi connectivity index (χ1n) is 20.9. The summed E-state index contributed by atoms with van der Waals surface area (Å²) in [6.45, 7) is 6.84. The summed E-state index contributed by atoms with van der Waals surface area (Å²) in [6, 6.07) is 25.5.